The van der Waals surface area contributed by atoms with Gasteiger partial charge in [-0.3, -0.25) is 4.79 Å². The summed E-state index contributed by atoms with van der Waals surface area (Å²) < 4.78 is 52.5. The molecule has 1 unspecified atom stereocenters. The number of aromatic hydroxyl groups is 1. The Labute approximate surface area is 189 Å². The summed E-state index contributed by atoms with van der Waals surface area (Å²) in [4.78, 5) is 14.3. The fourth-order valence-electron chi connectivity index (χ4n) is 4.46. The lowest BCUT2D eigenvalue weighted by Crippen LogP contribution is -3.12. The van der Waals surface area contributed by atoms with E-state index in [0.717, 1.165) is 42.8 Å². The average molecular weight is 462 g/mol. The van der Waals surface area contributed by atoms with Crippen molar-refractivity contribution in [2.75, 3.05) is 13.1 Å². The Hall–Kier alpha value is -3.00. The van der Waals surface area contributed by atoms with Crippen LogP contribution in [0.3, 0.4) is 0 Å². The Morgan fingerprint density at radius 1 is 1.18 bits per heavy atom. The summed E-state index contributed by atoms with van der Waals surface area (Å²) in [5.41, 5.74) is 0.0229. The quantitative estimate of drug-likeness (QED) is 0.578. The molecule has 2 aromatic carbocycles. The maximum Gasteiger partial charge on any atom is 0.453 e. The summed E-state index contributed by atoms with van der Waals surface area (Å²) in [6, 6.07) is 9.10. The van der Waals surface area contributed by atoms with Gasteiger partial charge in [0.05, 0.1) is 24.0 Å². The van der Waals surface area contributed by atoms with Gasteiger partial charge in [0.2, 0.25) is 11.2 Å². The zero-order valence-corrected chi connectivity index (χ0v) is 18.6. The fraction of sp³-hybridized carbons (Fsp3) is 0.400. The highest BCUT2D eigenvalue weighted by Gasteiger charge is 2.41. The summed E-state index contributed by atoms with van der Waals surface area (Å²) in [7, 11) is 0. The fourth-order valence-corrected chi connectivity index (χ4v) is 4.46. The minimum atomic E-state index is -4.96. The number of ether oxygens (including phenoxy) is 1. The van der Waals surface area contributed by atoms with Crippen molar-refractivity contribution in [3.63, 3.8) is 0 Å². The molecule has 4 rings (SSSR count). The molecule has 0 bridgehead atoms. The van der Waals surface area contributed by atoms with Crippen LogP contribution in [0, 0.1) is 5.92 Å². The van der Waals surface area contributed by atoms with Gasteiger partial charge >= 0.3 is 6.18 Å². The molecule has 33 heavy (non-hydrogen) atoms. The van der Waals surface area contributed by atoms with Crippen LogP contribution in [0.4, 0.5) is 13.2 Å². The van der Waals surface area contributed by atoms with Crippen molar-refractivity contribution in [2.45, 2.75) is 45.8 Å². The van der Waals surface area contributed by atoms with Crippen molar-refractivity contribution in [2.24, 2.45) is 5.92 Å². The van der Waals surface area contributed by atoms with Gasteiger partial charge in [-0.15, -0.1) is 0 Å². The lowest BCUT2D eigenvalue weighted by molar-refractivity contribution is -0.922. The molecule has 5 nitrogen and oxygen atoms in total. The molecule has 2 N–H and O–H groups in total. The van der Waals surface area contributed by atoms with E-state index in [4.69, 9.17) is 9.15 Å². The Morgan fingerprint density at radius 3 is 2.55 bits per heavy atom. The molecule has 1 saturated heterocycles. The molecular formula is C25H27F3NO4+. The van der Waals surface area contributed by atoms with Crippen molar-refractivity contribution in [3.05, 3.63) is 63.5 Å². The highest BCUT2D eigenvalue weighted by atomic mass is 19.4. The number of halogens is 3. The van der Waals surface area contributed by atoms with Crippen molar-refractivity contribution in [1.29, 1.82) is 0 Å². The van der Waals surface area contributed by atoms with Crippen LogP contribution in [0.1, 0.15) is 43.6 Å². The highest BCUT2D eigenvalue weighted by molar-refractivity contribution is 5.83. The van der Waals surface area contributed by atoms with E-state index < -0.39 is 23.1 Å². The molecule has 3 aromatic rings. The maximum absolute atomic E-state index is 13.9. The van der Waals surface area contributed by atoms with Crippen LogP contribution in [0.15, 0.2) is 45.6 Å². The minimum Gasteiger partial charge on any atom is -0.507 e. The second-order valence-corrected chi connectivity index (χ2v) is 8.75. The van der Waals surface area contributed by atoms with Gasteiger partial charge in [-0.05, 0) is 49.1 Å². The topological polar surface area (TPSA) is 64.1 Å². The molecule has 1 aromatic heterocycles. The smallest absolute Gasteiger partial charge is 0.453 e. The maximum atomic E-state index is 13.9. The summed E-state index contributed by atoms with van der Waals surface area (Å²) >= 11 is 0. The first-order valence-electron chi connectivity index (χ1n) is 11.2. The molecule has 1 fully saturated rings. The lowest BCUT2D eigenvalue weighted by atomic mass is 9.99. The predicted molar refractivity (Wildman–Crippen MR) is 118 cm³/mol. The predicted octanol–water partition coefficient (Wildman–Crippen LogP) is 4.69. The van der Waals surface area contributed by atoms with E-state index in [9.17, 15) is 23.1 Å². The van der Waals surface area contributed by atoms with Gasteiger partial charge in [-0.25, -0.2) is 0 Å². The number of phenols is 1. The summed E-state index contributed by atoms with van der Waals surface area (Å²) in [5.74, 6) is -2.02. The zero-order chi connectivity index (χ0) is 23.8. The number of likely N-dealkylation sites (tertiary alicyclic amines) is 1. The van der Waals surface area contributed by atoms with Gasteiger partial charge in [0.15, 0.2) is 5.58 Å². The highest BCUT2D eigenvalue weighted by Crippen LogP contribution is 2.39. The molecule has 0 spiro atoms. The SMILES string of the molecule is CCc1ccc(Oc2c(C(F)(F)F)oc3c(C[NH+]4CCC[C@@H](C)C4)c(O)ccc3c2=O)cc1. The lowest BCUT2D eigenvalue weighted by Gasteiger charge is -2.28. The van der Waals surface area contributed by atoms with E-state index in [0.29, 0.717) is 5.92 Å². The molecule has 0 aliphatic carbocycles. The molecule has 0 radical (unpaired) electrons. The number of hydrogen-bond donors (Lipinski definition) is 2. The molecule has 2 atom stereocenters. The number of rotatable bonds is 5. The van der Waals surface area contributed by atoms with Gasteiger partial charge < -0.3 is 19.2 Å². The van der Waals surface area contributed by atoms with Crippen molar-refractivity contribution < 1.29 is 32.3 Å². The molecule has 1 aliphatic heterocycles. The summed E-state index contributed by atoms with van der Waals surface area (Å²) in [6.07, 6.45) is -2.11. The van der Waals surface area contributed by atoms with E-state index in [2.05, 4.69) is 6.92 Å². The minimum absolute atomic E-state index is 0.0552. The summed E-state index contributed by atoms with van der Waals surface area (Å²) in [6.45, 7) is 6.02. The van der Waals surface area contributed by atoms with Gasteiger partial charge in [0.1, 0.15) is 18.0 Å². The third-order valence-corrected chi connectivity index (χ3v) is 6.20. The number of aryl methyl sites for hydroxylation is 1. The first-order valence-corrected chi connectivity index (χ1v) is 11.2. The molecule has 0 saturated carbocycles. The van der Waals surface area contributed by atoms with Gasteiger partial charge in [-0.1, -0.05) is 26.0 Å². The van der Waals surface area contributed by atoms with Crippen LogP contribution >= 0.6 is 0 Å². The van der Waals surface area contributed by atoms with Crippen LogP contribution in [0.5, 0.6) is 17.2 Å². The van der Waals surface area contributed by atoms with Gasteiger partial charge in [0.25, 0.3) is 5.76 Å². The third kappa shape index (κ3) is 4.85. The Bertz CT molecular complexity index is 1200. The van der Waals surface area contributed by atoms with Crippen LogP contribution in [-0.2, 0) is 19.1 Å². The average Bonchev–Trinajstić information content (AvgIpc) is 2.77. The van der Waals surface area contributed by atoms with E-state index in [1.54, 1.807) is 12.1 Å². The number of piperidine rings is 1. The third-order valence-electron chi connectivity index (χ3n) is 6.20. The van der Waals surface area contributed by atoms with Crippen LogP contribution in [-0.4, -0.2) is 18.2 Å². The first-order chi connectivity index (χ1) is 15.7. The number of benzene rings is 2. The summed E-state index contributed by atoms with van der Waals surface area (Å²) in [5, 5.41) is 10.4. The molecule has 8 heteroatoms. The Morgan fingerprint density at radius 2 is 1.91 bits per heavy atom. The van der Waals surface area contributed by atoms with E-state index >= 15 is 0 Å². The molecule has 2 heterocycles. The molecule has 1 aliphatic rings. The van der Waals surface area contributed by atoms with Gasteiger partial charge in [-0.2, -0.15) is 13.2 Å². The van der Waals surface area contributed by atoms with Crippen molar-refractivity contribution in [1.82, 2.24) is 0 Å². The zero-order valence-electron chi connectivity index (χ0n) is 18.6. The van der Waals surface area contributed by atoms with Gasteiger partial charge in [0, 0.05) is 5.92 Å². The van der Waals surface area contributed by atoms with Crippen LogP contribution in [0.2, 0.25) is 0 Å². The largest absolute Gasteiger partial charge is 0.507 e. The van der Waals surface area contributed by atoms with E-state index in [-0.39, 0.29) is 34.6 Å². The van der Waals surface area contributed by atoms with E-state index in [1.807, 2.05) is 6.92 Å². The first kappa shape index (κ1) is 23.2. The number of alkyl halides is 3. The Kier molecular flexibility index (Phi) is 6.38. The number of fused-ring (bicyclic) bond motifs is 1. The molecule has 0 amide bonds. The second-order valence-electron chi connectivity index (χ2n) is 8.75. The number of hydrogen-bond acceptors (Lipinski definition) is 4. The standard InChI is InChI=1S/C25H26F3NO4/c1-3-16-6-8-17(9-7-16)32-23-21(31)18-10-11-20(30)19(14-29-12-4-5-15(2)13-29)22(18)33-24(23)25(26,27)28/h6-11,15,30H,3-5,12-14H2,1-2H3/p+1/t15-/m1/s1. The second kappa shape index (κ2) is 9.09. The Balaban J connectivity index is 1.83. The van der Waals surface area contributed by atoms with E-state index in [1.165, 1.54) is 24.3 Å². The normalized spacial score (nSPS) is 19.1. The number of phenolic OH excluding ortho intramolecular Hbond substituents is 1. The molecule has 176 valence electrons. The monoisotopic (exact) mass is 462 g/mol. The molecular weight excluding hydrogens is 435 g/mol. The van der Waals surface area contributed by atoms with Crippen molar-refractivity contribution in [3.8, 4) is 17.2 Å². The van der Waals surface area contributed by atoms with Crippen molar-refractivity contribution >= 4 is 11.0 Å². The number of quaternary nitrogens is 1. The van der Waals surface area contributed by atoms with Crippen LogP contribution in [0.25, 0.3) is 11.0 Å². The number of nitrogens with one attached hydrogen (secondary N) is 1. The van der Waals surface area contributed by atoms with Crippen LogP contribution < -0.4 is 15.1 Å².